The van der Waals surface area contributed by atoms with Crippen LogP contribution in [0.4, 0.5) is 0 Å². The highest BCUT2D eigenvalue weighted by Gasteiger charge is 2.07. The first-order valence-electron chi connectivity index (χ1n) is 5.25. The number of pyridine rings is 1. The molecule has 0 unspecified atom stereocenters. The Balaban J connectivity index is 1.89. The third-order valence-corrected chi connectivity index (χ3v) is 2.84. The van der Waals surface area contributed by atoms with Crippen molar-refractivity contribution in [3.8, 4) is 11.8 Å². The molecule has 0 spiro atoms. The molecule has 1 fully saturated rings. The van der Waals surface area contributed by atoms with E-state index in [1.165, 1.54) is 0 Å². The summed E-state index contributed by atoms with van der Waals surface area (Å²) in [6, 6.07) is 3.82. The highest BCUT2D eigenvalue weighted by Crippen LogP contribution is 2.07. The molecule has 4 heteroatoms. The van der Waals surface area contributed by atoms with Crippen LogP contribution in [0.15, 0.2) is 22.8 Å². The lowest BCUT2D eigenvalue weighted by Gasteiger charge is -2.24. The number of halogens is 1. The summed E-state index contributed by atoms with van der Waals surface area (Å²) < 4.78 is 6.28. The van der Waals surface area contributed by atoms with Gasteiger partial charge in [0.1, 0.15) is 5.69 Å². The van der Waals surface area contributed by atoms with Crippen LogP contribution < -0.4 is 0 Å². The Hall–Kier alpha value is -0.890. The summed E-state index contributed by atoms with van der Waals surface area (Å²) in [4.78, 5) is 6.46. The first-order valence-corrected chi connectivity index (χ1v) is 6.04. The van der Waals surface area contributed by atoms with Crippen molar-refractivity contribution in [2.24, 2.45) is 0 Å². The minimum atomic E-state index is 0.789. The third-order valence-electron chi connectivity index (χ3n) is 2.34. The monoisotopic (exact) mass is 280 g/mol. The number of hydrogen-bond acceptors (Lipinski definition) is 3. The molecule has 16 heavy (non-hydrogen) atoms. The van der Waals surface area contributed by atoms with Gasteiger partial charge in [-0.15, -0.1) is 0 Å². The first-order chi connectivity index (χ1) is 7.84. The molecule has 0 atom stereocenters. The van der Waals surface area contributed by atoms with E-state index in [0.29, 0.717) is 0 Å². The smallest absolute Gasteiger partial charge is 0.114 e. The Kier molecular flexibility index (Phi) is 4.34. The van der Waals surface area contributed by atoms with E-state index in [1.54, 1.807) is 6.20 Å². The van der Waals surface area contributed by atoms with Gasteiger partial charge in [-0.1, -0.05) is 21.9 Å². The van der Waals surface area contributed by atoms with Crippen LogP contribution in [0.3, 0.4) is 0 Å². The topological polar surface area (TPSA) is 25.4 Å². The van der Waals surface area contributed by atoms with Gasteiger partial charge in [-0.2, -0.15) is 0 Å². The first kappa shape index (κ1) is 11.6. The molecule has 1 aliphatic heterocycles. The fourth-order valence-electron chi connectivity index (χ4n) is 1.47. The van der Waals surface area contributed by atoms with Crippen LogP contribution in [-0.4, -0.2) is 42.7 Å². The van der Waals surface area contributed by atoms with E-state index in [0.717, 1.165) is 43.0 Å². The molecule has 0 radical (unpaired) electrons. The SMILES string of the molecule is Brc1ccnc(C#CCN2CCOCC2)c1. The molecular formula is C12H13BrN2O. The zero-order valence-electron chi connectivity index (χ0n) is 8.95. The number of morpholine rings is 1. The molecule has 0 amide bonds. The average Bonchev–Trinajstić information content (AvgIpc) is 2.30. The third kappa shape index (κ3) is 3.60. The summed E-state index contributed by atoms with van der Waals surface area (Å²) in [5.74, 6) is 6.19. The van der Waals surface area contributed by atoms with Gasteiger partial charge in [0, 0.05) is 23.8 Å². The molecule has 0 saturated carbocycles. The van der Waals surface area contributed by atoms with E-state index in [-0.39, 0.29) is 0 Å². The lowest BCUT2D eigenvalue weighted by Crippen LogP contribution is -2.36. The van der Waals surface area contributed by atoms with E-state index in [1.807, 2.05) is 12.1 Å². The summed E-state index contributed by atoms with van der Waals surface area (Å²) in [6.45, 7) is 4.37. The van der Waals surface area contributed by atoms with E-state index < -0.39 is 0 Å². The Morgan fingerprint density at radius 1 is 1.44 bits per heavy atom. The normalized spacial score (nSPS) is 16.6. The molecular weight excluding hydrogens is 268 g/mol. The maximum Gasteiger partial charge on any atom is 0.114 e. The minimum Gasteiger partial charge on any atom is -0.379 e. The van der Waals surface area contributed by atoms with Crippen LogP contribution in [0, 0.1) is 11.8 Å². The van der Waals surface area contributed by atoms with E-state index in [4.69, 9.17) is 4.74 Å². The van der Waals surface area contributed by atoms with Gasteiger partial charge in [-0.25, -0.2) is 4.98 Å². The van der Waals surface area contributed by atoms with Gasteiger partial charge in [0.15, 0.2) is 0 Å². The van der Waals surface area contributed by atoms with Crippen molar-refractivity contribution in [1.82, 2.24) is 9.88 Å². The highest BCUT2D eigenvalue weighted by atomic mass is 79.9. The second-order valence-electron chi connectivity index (χ2n) is 3.55. The van der Waals surface area contributed by atoms with Crippen LogP contribution in [0.25, 0.3) is 0 Å². The summed E-state index contributed by atoms with van der Waals surface area (Å²) in [5.41, 5.74) is 0.808. The lowest BCUT2D eigenvalue weighted by atomic mass is 10.3. The molecule has 84 valence electrons. The maximum absolute atomic E-state index is 5.27. The van der Waals surface area contributed by atoms with Gasteiger partial charge in [-0.05, 0) is 18.1 Å². The Bertz CT molecular complexity index is 405. The predicted octanol–water partition coefficient (Wildman–Crippen LogP) is 1.53. The van der Waals surface area contributed by atoms with Crippen LogP contribution in [-0.2, 0) is 4.74 Å². The van der Waals surface area contributed by atoms with E-state index >= 15 is 0 Å². The van der Waals surface area contributed by atoms with Crippen molar-refractivity contribution in [1.29, 1.82) is 0 Å². The molecule has 1 saturated heterocycles. The van der Waals surface area contributed by atoms with Gasteiger partial charge < -0.3 is 4.74 Å². The number of aromatic nitrogens is 1. The van der Waals surface area contributed by atoms with Gasteiger partial charge >= 0.3 is 0 Å². The van der Waals surface area contributed by atoms with Crippen molar-refractivity contribution in [2.75, 3.05) is 32.8 Å². The summed E-state index contributed by atoms with van der Waals surface area (Å²) >= 11 is 3.40. The summed E-state index contributed by atoms with van der Waals surface area (Å²) in [5, 5.41) is 0. The van der Waals surface area contributed by atoms with Crippen molar-refractivity contribution < 1.29 is 4.74 Å². The molecule has 0 aliphatic carbocycles. The van der Waals surface area contributed by atoms with Gasteiger partial charge in [-0.3, -0.25) is 4.90 Å². The van der Waals surface area contributed by atoms with Gasteiger partial charge in [0.05, 0.1) is 19.8 Å². The van der Waals surface area contributed by atoms with Crippen molar-refractivity contribution in [3.63, 3.8) is 0 Å². The average molecular weight is 281 g/mol. The zero-order chi connectivity index (χ0) is 11.2. The largest absolute Gasteiger partial charge is 0.379 e. The highest BCUT2D eigenvalue weighted by molar-refractivity contribution is 9.10. The van der Waals surface area contributed by atoms with Crippen LogP contribution in [0.5, 0.6) is 0 Å². The number of ether oxygens (including phenoxy) is 1. The van der Waals surface area contributed by atoms with Gasteiger partial charge in [0.2, 0.25) is 0 Å². The number of hydrogen-bond donors (Lipinski definition) is 0. The van der Waals surface area contributed by atoms with Crippen molar-refractivity contribution >= 4 is 15.9 Å². The molecule has 0 bridgehead atoms. The quantitative estimate of drug-likeness (QED) is 0.730. The van der Waals surface area contributed by atoms with Crippen LogP contribution >= 0.6 is 15.9 Å². The van der Waals surface area contributed by atoms with Gasteiger partial charge in [0.25, 0.3) is 0 Å². The predicted molar refractivity (Wildman–Crippen MR) is 66.1 cm³/mol. The fraction of sp³-hybridized carbons (Fsp3) is 0.417. The second-order valence-corrected chi connectivity index (χ2v) is 4.47. The van der Waals surface area contributed by atoms with Crippen molar-refractivity contribution in [2.45, 2.75) is 0 Å². The zero-order valence-corrected chi connectivity index (χ0v) is 10.5. The Labute approximate surface area is 104 Å². The second kappa shape index (κ2) is 6.00. The molecule has 1 aromatic heterocycles. The molecule has 2 rings (SSSR count). The molecule has 1 aromatic rings. The molecule has 0 N–H and O–H groups in total. The van der Waals surface area contributed by atoms with E-state index in [2.05, 4.69) is 37.7 Å². The lowest BCUT2D eigenvalue weighted by molar-refractivity contribution is 0.0443. The molecule has 1 aliphatic rings. The van der Waals surface area contributed by atoms with Crippen LogP contribution in [0.1, 0.15) is 5.69 Å². The molecule has 2 heterocycles. The minimum absolute atomic E-state index is 0.789. The van der Waals surface area contributed by atoms with Crippen molar-refractivity contribution in [3.05, 3.63) is 28.5 Å². The standard InChI is InChI=1S/C12H13BrN2O/c13-11-3-4-14-12(10-11)2-1-5-15-6-8-16-9-7-15/h3-4,10H,5-9H2. The Morgan fingerprint density at radius 2 is 2.25 bits per heavy atom. The van der Waals surface area contributed by atoms with Crippen LogP contribution in [0.2, 0.25) is 0 Å². The molecule has 0 aromatic carbocycles. The molecule has 3 nitrogen and oxygen atoms in total. The fourth-order valence-corrected chi connectivity index (χ4v) is 1.81. The number of nitrogens with zero attached hydrogens (tertiary/aromatic N) is 2. The maximum atomic E-state index is 5.27. The number of rotatable bonds is 1. The Morgan fingerprint density at radius 3 is 3.00 bits per heavy atom. The summed E-state index contributed by atoms with van der Waals surface area (Å²) in [6.07, 6.45) is 1.75. The van der Waals surface area contributed by atoms with E-state index in [9.17, 15) is 0 Å². The summed E-state index contributed by atoms with van der Waals surface area (Å²) in [7, 11) is 0.